The van der Waals surface area contributed by atoms with Crippen molar-refractivity contribution < 1.29 is 9.18 Å². The molecule has 7 heteroatoms. The number of carbonyl (C=O) groups excluding carboxylic acids is 1. The minimum Gasteiger partial charge on any atom is -0.324 e. The maximum absolute atomic E-state index is 14.0. The van der Waals surface area contributed by atoms with Crippen LogP contribution in [-0.2, 0) is 4.79 Å². The highest BCUT2D eigenvalue weighted by Crippen LogP contribution is 2.20. The van der Waals surface area contributed by atoms with E-state index in [0.29, 0.717) is 18.9 Å². The van der Waals surface area contributed by atoms with Crippen LogP contribution >= 0.6 is 22.6 Å². The van der Waals surface area contributed by atoms with Crippen LogP contribution in [0, 0.1) is 9.49 Å². The highest BCUT2D eigenvalue weighted by molar-refractivity contribution is 14.1. The zero-order valence-corrected chi connectivity index (χ0v) is 12.8. The summed E-state index contributed by atoms with van der Waals surface area (Å²) in [5, 5.41) is 5.57. The molecule has 0 aliphatic carbocycles. The van der Waals surface area contributed by atoms with E-state index in [9.17, 15) is 9.18 Å². The number of nitrogens with zero attached hydrogens (tertiary/aromatic N) is 1. The van der Waals surface area contributed by atoms with Crippen molar-refractivity contribution in [3.8, 4) is 0 Å². The molecular formula is C13H14FIN4O. The van der Waals surface area contributed by atoms with Gasteiger partial charge in [-0.25, -0.2) is 9.37 Å². The van der Waals surface area contributed by atoms with Gasteiger partial charge in [0.2, 0.25) is 5.95 Å². The monoisotopic (exact) mass is 388 g/mol. The smallest absolute Gasteiger partial charge is 0.261 e. The van der Waals surface area contributed by atoms with Crippen molar-refractivity contribution >= 4 is 45.5 Å². The van der Waals surface area contributed by atoms with Gasteiger partial charge in [-0.15, -0.1) is 0 Å². The number of fused-ring (bicyclic) bond motifs is 1. The summed E-state index contributed by atoms with van der Waals surface area (Å²) in [6.07, 6.45) is -0.814. The molecule has 0 spiro atoms. The molecule has 2 atom stereocenters. The van der Waals surface area contributed by atoms with Crippen molar-refractivity contribution in [1.29, 1.82) is 0 Å². The maximum atomic E-state index is 14.0. The van der Waals surface area contributed by atoms with Gasteiger partial charge < -0.3 is 10.3 Å². The fourth-order valence-electron chi connectivity index (χ4n) is 2.37. The minimum atomic E-state index is -1.50. The predicted molar refractivity (Wildman–Crippen MR) is 83.3 cm³/mol. The molecule has 1 amide bonds. The topological polar surface area (TPSA) is 69.8 Å². The number of nitrogens with one attached hydrogen (secondary N) is 3. The number of H-pyrrole nitrogens is 1. The fraction of sp³-hybridized carbons (Fsp3) is 0.385. The molecule has 2 heterocycles. The lowest BCUT2D eigenvalue weighted by Gasteiger charge is -2.13. The van der Waals surface area contributed by atoms with Crippen molar-refractivity contribution in [3.63, 3.8) is 0 Å². The van der Waals surface area contributed by atoms with Crippen LogP contribution in [0.1, 0.15) is 6.42 Å². The molecule has 2 aromatic rings. The van der Waals surface area contributed by atoms with E-state index in [1.54, 1.807) is 0 Å². The Morgan fingerprint density at radius 3 is 3.15 bits per heavy atom. The van der Waals surface area contributed by atoms with E-state index in [2.05, 4.69) is 43.2 Å². The quantitative estimate of drug-likeness (QED) is 0.706. The molecule has 3 N–H and O–H groups in total. The summed E-state index contributed by atoms with van der Waals surface area (Å²) in [7, 11) is 0. The molecule has 1 saturated heterocycles. The summed E-state index contributed by atoms with van der Waals surface area (Å²) in [4.78, 5) is 19.1. The lowest BCUT2D eigenvalue weighted by atomic mass is 10.0. The first-order chi connectivity index (χ1) is 9.63. The number of aromatic nitrogens is 2. The third-order valence-corrected chi connectivity index (χ3v) is 4.12. The second-order valence-corrected chi connectivity index (χ2v) is 6.14. The highest BCUT2D eigenvalue weighted by atomic mass is 127. The Morgan fingerprint density at radius 2 is 2.40 bits per heavy atom. The first kappa shape index (κ1) is 13.7. The van der Waals surface area contributed by atoms with E-state index in [0.717, 1.165) is 21.1 Å². The lowest BCUT2D eigenvalue weighted by Crippen LogP contribution is -2.32. The van der Waals surface area contributed by atoms with Crippen LogP contribution < -0.4 is 10.6 Å². The summed E-state index contributed by atoms with van der Waals surface area (Å²) < 4.78 is 15.1. The molecule has 1 fully saturated rings. The number of imidazole rings is 1. The number of hydrogen-bond acceptors (Lipinski definition) is 3. The molecule has 1 aromatic carbocycles. The van der Waals surface area contributed by atoms with Crippen molar-refractivity contribution in [1.82, 2.24) is 15.3 Å². The van der Waals surface area contributed by atoms with Crippen molar-refractivity contribution in [2.45, 2.75) is 12.6 Å². The average Bonchev–Trinajstić information content (AvgIpc) is 3.05. The third-order valence-electron chi connectivity index (χ3n) is 3.45. The Labute approximate surface area is 128 Å². The van der Waals surface area contributed by atoms with Crippen LogP contribution in [0.15, 0.2) is 18.2 Å². The van der Waals surface area contributed by atoms with Crippen LogP contribution in [0.2, 0.25) is 0 Å². The average molecular weight is 388 g/mol. The van der Waals surface area contributed by atoms with Gasteiger partial charge in [-0.1, -0.05) is 0 Å². The van der Waals surface area contributed by atoms with Gasteiger partial charge in [0, 0.05) is 16.0 Å². The van der Waals surface area contributed by atoms with E-state index in [-0.39, 0.29) is 5.92 Å². The fourth-order valence-corrected chi connectivity index (χ4v) is 2.86. The summed E-state index contributed by atoms with van der Waals surface area (Å²) in [6.45, 7) is 1.31. The van der Waals surface area contributed by atoms with Crippen LogP contribution in [0.25, 0.3) is 11.0 Å². The summed E-state index contributed by atoms with van der Waals surface area (Å²) in [6, 6.07) is 5.71. The molecule has 1 aromatic heterocycles. The van der Waals surface area contributed by atoms with Crippen LogP contribution in [0.3, 0.4) is 0 Å². The van der Waals surface area contributed by atoms with Gasteiger partial charge in [0.15, 0.2) is 6.17 Å². The Kier molecular flexibility index (Phi) is 3.88. The Hall–Kier alpha value is -1.22. The third kappa shape index (κ3) is 2.78. The highest BCUT2D eigenvalue weighted by Gasteiger charge is 2.30. The SMILES string of the molecule is O=C(Nc1nc2ccc(I)cc2[nH]1)C(F)C1CCNC1. The number of halogens is 2. The number of hydrogen-bond donors (Lipinski definition) is 3. The number of amides is 1. The molecule has 0 radical (unpaired) electrons. The molecule has 0 bridgehead atoms. The van der Waals surface area contributed by atoms with E-state index >= 15 is 0 Å². The number of rotatable bonds is 3. The molecule has 20 heavy (non-hydrogen) atoms. The van der Waals surface area contributed by atoms with Crippen LogP contribution in [0.4, 0.5) is 10.3 Å². The van der Waals surface area contributed by atoms with Gasteiger partial charge in [-0.05, 0) is 53.8 Å². The summed E-state index contributed by atoms with van der Waals surface area (Å²) in [5.41, 5.74) is 1.57. The van der Waals surface area contributed by atoms with Gasteiger partial charge >= 0.3 is 0 Å². The number of aromatic amines is 1. The Morgan fingerprint density at radius 1 is 1.55 bits per heavy atom. The van der Waals surface area contributed by atoms with E-state index in [1.807, 2.05) is 18.2 Å². The van der Waals surface area contributed by atoms with Gasteiger partial charge in [0.1, 0.15) is 0 Å². The largest absolute Gasteiger partial charge is 0.324 e. The second-order valence-electron chi connectivity index (χ2n) is 4.89. The van der Waals surface area contributed by atoms with Gasteiger partial charge in [-0.3, -0.25) is 10.1 Å². The maximum Gasteiger partial charge on any atom is 0.261 e. The number of anilines is 1. The number of benzene rings is 1. The van der Waals surface area contributed by atoms with Gasteiger partial charge in [0.25, 0.3) is 5.91 Å². The van der Waals surface area contributed by atoms with Crippen LogP contribution in [0.5, 0.6) is 0 Å². The Bertz CT molecular complexity index is 638. The number of carbonyl (C=O) groups is 1. The van der Waals surface area contributed by atoms with Crippen LogP contribution in [-0.4, -0.2) is 35.1 Å². The second kappa shape index (κ2) is 5.65. The van der Waals surface area contributed by atoms with Gasteiger partial charge in [0.05, 0.1) is 11.0 Å². The van der Waals surface area contributed by atoms with Gasteiger partial charge in [-0.2, -0.15) is 0 Å². The molecule has 0 saturated carbocycles. The number of alkyl halides is 1. The van der Waals surface area contributed by atoms with E-state index in [1.165, 1.54) is 0 Å². The van der Waals surface area contributed by atoms with Crippen molar-refractivity contribution in [3.05, 3.63) is 21.8 Å². The normalized spacial score (nSPS) is 20.2. The summed E-state index contributed by atoms with van der Waals surface area (Å²) >= 11 is 2.20. The first-order valence-electron chi connectivity index (χ1n) is 6.44. The first-order valence-corrected chi connectivity index (χ1v) is 7.52. The molecular weight excluding hydrogens is 374 g/mol. The lowest BCUT2D eigenvalue weighted by molar-refractivity contribution is -0.122. The zero-order chi connectivity index (χ0) is 14.1. The van der Waals surface area contributed by atoms with E-state index in [4.69, 9.17) is 0 Å². The molecule has 5 nitrogen and oxygen atoms in total. The molecule has 106 valence electrons. The molecule has 1 aliphatic heterocycles. The standard InChI is InChI=1S/C13H14FIN4O/c14-11(7-3-4-16-6-7)12(20)19-13-17-9-2-1-8(15)5-10(9)18-13/h1-2,5,7,11,16H,3-4,6H2,(H2,17,18,19,20). The molecule has 2 unspecified atom stereocenters. The minimum absolute atomic E-state index is 0.250. The summed E-state index contributed by atoms with van der Waals surface area (Å²) in [5.74, 6) is -0.589. The van der Waals surface area contributed by atoms with Crippen molar-refractivity contribution in [2.75, 3.05) is 18.4 Å². The van der Waals surface area contributed by atoms with Crippen molar-refractivity contribution in [2.24, 2.45) is 5.92 Å². The predicted octanol–water partition coefficient (Wildman–Crippen LogP) is 2.05. The Balaban J connectivity index is 1.73. The zero-order valence-electron chi connectivity index (χ0n) is 10.6. The van der Waals surface area contributed by atoms with E-state index < -0.39 is 12.1 Å². The molecule has 1 aliphatic rings. The molecule has 3 rings (SSSR count).